The van der Waals surface area contributed by atoms with Gasteiger partial charge in [-0.25, -0.2) is 0 Å². The van der Waals surface area contributed by atoms with Crippen LogP contribution in [0, 0.1) is 0 Å². The molecule has 0 bridgehead atoms. The van der Waals surface area contributed by atoms with Gasteiger partial charge < -0.3 is 5.73 Å². The Labute approximate surface area is 96.6 Å². The first-order valence-electron chi connectivity index (χ1n) is 6.25. The van der Waals surface area contributed by atoms with E-state index in [4.69, 9.17) is 5.73 Å². The van der Waals surface area contributed by atoms with E-state index in [0.29, 0.717) is 12.0 Å². The van der Waals surface area contributed by atoms with Crippen LogP contribution in [0.1, 0.15) is 42.7 Å². The number of nitrogens with two attached hydrogens (primary N) is 1. The third-order valence-corrected chi connectivity index (χ3v) is 3.60. The summed E-state index contributed by atoms with van der Waals surface area (Å²) in [7, 11) is 0. The number of nitrogens with zero attached hydrogens (tertiary/aromatic N) is 1. The lowest BCUT2D eigenvalue weighted by Crippen LogP contribution is -2.26. The van der Waals surface area contributed by atoms with Gasteiger partial charge in [0.25, 0.3) is 0 Å². The highest BCUT2D eigenvalue weighted by molar-refractivity contribution is 5.88. The molecule has 0 aliphatic heterocycles. The molecular formula is C14H18N2. The zero-order valence-electron chi connectivity index (χ0n) is 9.52. The Morgan fingerprint density at radius 3 is 2.81 bits per heavy atom. The summed E-state index contributed by atoms with van der Waals surface area (Å²) >= 11 is 0. The number of amidine groups is 1. The van der Waals surface area contributed by atoms with Gasteiger partial charge in [-0.2, -0.15) is 0 Å². The molecule has 84 valence electrons. The highest BCUT2D eigenvalue weighted by atomic mass is 14.9. The number of aryl methyl sites for hydroxylation is 1. The van der Waals surface area contributed by atoms with Crippen LogP contribution in [-0.2, 0) is 6.42 Å². The van der Waals surface area contributed by atoms with E-state index in [1.165, 1.54) is 43.2 Å². The largest absolute Gasteiger partial charge is 0.387 e. The van der Waals surface area contributed by atoms with Crippen LogP contribution in [-0.4, -0.2) is 11.9 Å². The van der Waals surface area contributed by atoms with Crippen LogP contribution < -0.4 is 5.73 Å². The standard InChI is InChI=1S/C14H18N2/c15-14(16-11-8-9-11)13-7-3-5-10-4-1-2-6-12(10)13/h1-2,4,6,11,13H,3,5,7-9H2,(H2,15,16). The van der Waals surface area contributed by atoms with E-state index < -0.39 is 0 Å². The molecule has 0 saturated heterocycles. The van der Waals surface area contributed by atoms with Gasteiger partial charge in [-0.3, -0.25) is 4.99 Å². The summed E-state index contributed by atoms with van der Waals surface area (Å²) in [4.78, 5) is 4.61. The lowest BCUT2D eigenvalue weighted by atomic mass is 9.82. The van der Waals surface area contributed by atoms with E-state index in [1.54, 1.807) is 0 Å². The first kappa shape index (κ1) is 9.88. The van der Waals surface area contributed by atoms with Crippen molar-refractivity contribution in [1.82, 2.24) is 0 Å². The smallest absolute Gasteiger partial charge is 0.102 e. The van der Waals surface area contributed by atoms with E-state index in [9.17, 15) is 0 Å². The van der Waals surface area contributed by atoms with Crippen LogP contribution >= 0.6 is 0 Å². The number of aliphatic imine (C=N–C) groups is 1. The minimum Gasteiger partial charge on any atom is -0.387 e. The quantitative estimate of drug-likeness (QED) is 0.596. The number of fused-ring (bicyclic) bond motifs is 1. The Balaban J connectivity index is 1.91. The molecule has 0 spiro atoms. The molecule has 0 amide bonds. The lowest BCUT2D eigenvalue weighted by Gasteiger charge is -2.25. The molecule has 0 heterocycles. The van der Waals surface area contributed by atoms with Crippen LogP contribution in [0.25, 0.3) is 0 Å². The summed E-state index contributed by atoms with van der Waals surface area (Å²) in [6.45, 7) is 0. The van der Waals surface area contributed by atoms with Crippen molar-refractivity contribution >= 4 is 5.84 Å². The Kier molecular flexibility index (Phi) is 2.43. The van der Waals surface area contributed by atoms with Crippen molar-refractivity contribution in [3.63, 3.8) is 0 Å². The molecule has 3 rings (SSSR count). The van der Waals surface area contributed by atoms with Crippen molar-refractivity contribution in [2.24, 2.45) is 10.7 Å². The third kappa shape index (κ3) is 1.84. The molecule has 1 atom stereocenters. The van der Waals surface area contributed by atoms with E-state index in [-0.39, 0.29) is 0 Å². The van der Waals surface area contributed by atoms with E-state index >= 15 is 0 Å². The third-order valence-electron chi connectivity index (χ3n) is 3.60. The predicted molar refractivity (Wildman–Crippen MR) is 66.8 cm³/mol. The summed E-state index contributed by atoms with van der Waals surface area (Å²) in [6, 6.07) is 9.21. The molecule has 2 aliphatic rings. The molecule has 1 aromatic rings. The van der Waals surface area contributed by atoms with Crippen LogP contribution in [0.4, 0.5) is 0 Å². The second kappa shape index (κ2) is 3.93. The molecule has 0 radical (unpaired) electrons. The SMILES string of the molecule is NC(=NC1CC1)C1CCCc2ccccc21. The van der Waals surface area contributed by atoms with Gasteiger partial charge >= 0.3 is 0 Å². The fourth-order valence-corrected chi connectivity index (χ4v) is 2.57. The maximum atomic E-state index is 6.15. The summed E-state index contributed by atoms with van der Waals surface area (Å²) in [6.07, 6.45) is 6.06. The molecule has 2 aliphatic carbocycles. The van der Waals surface area contributed by atoms with E-state index in [1.807, 2.05) is 0 Å². The van der Waals surface area contributed by atoms with Crippen molar-refractivity contribution in [2.75, 3.05) is 0 Å². The fraction of sp³-hybridized carbons (Fsp3) is 0.500. The highest BCUT2D eigenvalue weighted by Gasteiger charge is 2.26. The Morgan fingerprint density at radius 2 is 2.00 bits per heavy atom. The normalized spacial score (nSPS) is 25.2. The van der Waals surface area contributed by atoms with Crippen molar-refractivity contribution in [1.29, 1.82) is 0 Å². The van der Waals surface area contributed by atoms with Gasteiger partial charge in [0.2, 0.25) is 0 Å². The monoisotopic (exact) mass is 214 g/mol. The first-order chi connectivity index (χ1) is 7.84. The van der Waals surface area contributed by atoms with Gasteiger partial charge in [0, 0.05) is 5.92 Å². The van der Waals surface area contributed by atoms with Gasteiger partial charge in [0.1, 0.15) is 5.84 Å². The Bertz CT molecular complexity index is 418. The van der Waals surface area contributed by atoms with Crippen molar-refractivity contribution in [2.45, 2.75) is 44.1 Å². The molecule has 2 nitrogen and oxygen atoms in total. The van der Waals surface area contributed by atoms with Gasteiger partial charge in [-0.1, -0.05) is 24.3 Å². The molecule has 0 aromatic heterocycles. The van der Waals surface area contributed by atoms with Crippen molar-refractivity contribution in [3.05, 3.63) is 35.4 Å². The minimum absolute atomic E-state index is 0.380. The minimum atomic E-state index is 0.380. The molecule has 2 N–H and O–H groups in total. The van der Waals surface area contributed by atoms with Crippen LogP contribution in [0.15, 0.2) is 29.3 Å². The zero-order valence-corrected chi connectivity index (χ0v) is 9.52. The predicted octanol–water partition coefficient (Wildman–Crippen LogP) is 2.63. The van der Waals surface area contributed by atoms with Crippen LogP contribution in [0.5, 0.6) is 0 Å². The van der Waals surface area contributed by atoms with Gasteiger partial charge in [-0.05, 0) is 43.2 Å². The molecule has 1 fully saturated rings. The second-order valence-electron chi connectivity index (χ2n) is 4.93. The number of rotatable bonds is 2. The summed E-state index contributed by atoms with van der Waals surface area (Å²) in [5.74, 6) is 1.25. The maximum absolute atomic E-state index is 6.15. The lowest BCUT2D eigenvalue weighted by molar-refractivity contribution is 0.644. The molecule has 1 unspecified atom stereocenters. The molecule has 2 heteroatoms. The van der Waals surface area contributed by atoms with E-state index in [0.717, 1.165) is 5.84 Å². The molecule has 16 heavy (non-hydrogen) atoms. The Hall–Kier alpha value is -1.31. The van der Waals surface area contributed by atoms with Crippen molar-refractivity contribution < 1.29 is 0 Å². The summed E-state index contributed by atoms with van der Waals surface area (Å²) in [5, 5.41) is 0. The average molecular weight is 214 g/mol. The molecular weight excluding hydrogens is 196 g/mol. The summed E-state index contributed by atoms with van der Waals surface area (Å²) < 4.78 is 0. The number of hydrogen-bond acceptors (Lipinski definition) is 1. The van der Waals surface area contributed by atoms with E-state index in [2.05, 4.69) is 29.3 Å². The van der Waals surface area contributed by atoms with Crippen LogP contribution in [0.3, 0.4) is 0 Å². The highest BCUT2D eigenvalue weighted by Crippen LogP contribution is 2.33. The molecule has 1 aromatic carbocycles. The number of benzene rings is 1. The van der Waals surface area contributed by atoms with Gasteiger partial charge in [-0.15, -0.1) is 0 Å². The maximum Gasteiger partial charge on any atom is 0.102 e. The average Bonchev–Trinajstić information content (AvgIpc) is 3.12. The summed E-state index contributed by atoms with van der Waals surface area (Å²) in [5.41, 5.74) is 9.03. The number of hydrogen-bond donors (Lipinski definition) is 1. The van der Waals surface area contributed by atoms with Crippen molar-refractivity contribution in [3.8, 4) is 0 Å². The first-order valence-corrected chi connectivity index (χ1v) is 6.25. The Morgan fingerprint density at radius 1 is 1.19 bits per heavy atom. The topological polar surface area (TPSA) is 38.4 Å². The van der Waals surface area contributed by atoms with Gasteiger partial charge in [0.15, 0.2) is 0 Å². The second-order valence-corrected chi connectivity index (χ2v) is 4.93. The van der Waals surface area contributed by atoms with Crippen LogP contribution in [0.2, 0.25) is 0 Å². The fourth-order valence-electron chi connectivity index (χ4n) is 2.57. The molecule has 1 saturated carbocycles. The van der Waals surface area contributed by atoms with Gasteiger partial charge in [0.05, 0.1) is 6.04 Å². The zero-order chi connectivity index (χ0) is 11.0.